The van der Waals surface area contributed by atoms with Gasteiger partial charge in [-0.1, -0.05) is 24.3 Å². The van der Waals surface area contributed by atoms with Gasteiger partial charge in [0, 0.05) is 35.8 Å². The predicted octanol–water partition coefficient (Wildman–Crippen LogP) is 2.81. The van der Waals surface area contributed by atoms with Gasteiger partial charge >= 0.3 is 6.01 Å². The Balaban J connectivity index is 1.58. The molecule has 0 radical (unpaired) electrons. The Morgan fingerprint density at radius 1 is 1.21 bits per heavy atom. The largest absolute Gasteiger partial charge is 0.508 e. The molecule has 1 aromatic heterocycles. The molecule has 3 N–H and O–H groups in total. The molecule has 1 aliphatic rings. The molecule has 1 aliphatic heterocycles. The van der Waals surface area contributed by atoms with Gasteiger partial charge in [0.15, 0.2) is 0 Å². The molecule has 0 aliphatic carbocycles. The highest BCUT2D eigenvalue weighted by Gasteiger charge is 2.23. The minimum Gasteiger partial charge on any atom is -0.508 e. The molecule has 0 unspecified atom stereocenters. The maximum absolute atomic E-state index is 10.2. The third kappa shape index (κ3) is 4.19. The molecule has 0 bridgehead atoms. The molecular formula is C22H27N5O2. The highest BCUT2D eigenvalue weighted by molar-refractivity contribution is 5.95. The fraction of sp³-hybridized carbons (Fsp3) is 0.364. The van der Waals surface area contributed by atoms with E-state index in [1.54, 1.807) is 6.07 Å². The molecule has 7 heteroatoms. The highest BCUT2D eigenvalue weighted by Crippen LogP contribution is 2.35. The summed E-state index contributed by atoms with van der Waals surface area (Å²) in [6.07, 6.45) is 1.65. The van der Waals surface area contributed by atoms with Crippen LogP contribution in [0.1, 0.15) is 17.7 Å². The topological polar surface area (TPSA) is 87.7 Å². The van der Waals surface area contributed by atoms with Crippen molar-refractivity contribution in [2.45, 2.75) is 19.4 Å². The summed E-state index contributed by atoms with van der Waals surface area (Å²) in [5.74, 6) is 0.759. The standard InChI is InChI=1S/C22H27N5O2/c1-26(2)9-5-11-29-22-24-19-14-27(10-8-18(19)21(23)25-22)20-13-16(28)12-15-6-3-4-7-17(15)20/h3-4,6-7,12-13,28H,5,8-11,14H2,1-2H3,(H2,23,24,25). The summed E-state index contributed by atoms with van der Waals surface area (Å²) in [6.45, 7) is 2.89. The van der Waals surface area contributed by atoms with E-state index in [0.717, 1.165) is 53.6 Å². The van der Waals surface area contributed by atoms with Gasteiger partial charge in [-0.15, -0.1) is 0 Å². The Bertz CT molecular complexity index is 1020. The molecule has 0 saturated heterocycles. The molecule has 152 valence electrons. The number of nitrogen functional groups attached to an aromatic ring is 1. The number of nitrogens with zero attached hydrogens (tertiary/aromatic N) is 4. The SMILES string of the molecule is CN(C)CCCOc1nc(N)c2c(n1)CN(c1cc(O)cc3ccccc13)CC2. The van der Waals surface area contributed by atoms with E-state index in [9.17, 15) is 5.11 Å². The molecule has 4 rings (SSSR count). The molecule has 2 aromatic carbocycles. The first kappa shape index (κ1) is 19.3. The Labute approximate surface area is 170 Å². The molecule has 2 heterocycles. The van der Waals surface area contributed by atoms with E-state index in [0.29, 0.717) is 25.0 Å². The van der Waals surface area contributed by atoms with Crippen LogP contribution in [0.3, 0.4) is 0 Å². The quantitative estimate of drug-likeness (QED) is 0.623. The zero-order valence-corrected chi connectivity index (χ0v) is 16.9. The van der Waals surface area contributed by atoms with Crippen LogP contribution in [0.4, 0.5) is 11.5 Å². The number of rotatable bonds is 6. The average Bonchev–Trinajstić information content (AvgIpc) is 2.70. The monoisotopic (exact) mass is 393 g/mol. The number of phenols is 1. The molecule has 7 nitrogen and oxygen atoms in total. The molecule has 29 heavy (non-hydrogen) atoms. The summed E-state index contributed by atoms with van der Waals surface area (Å²) in [5.41, 5.74) is 9.07. The van der Waals surface area contributed by atoms with Gasteiger partial charge in [0.2, 0.25) is 0 Å². The fourth-order valence-corrected chi connectivity index (χ4v) is 3.79. The van der Waals surface area contributed by atoms with Crippen molar-refractivity contribution in [2.75, 3.05) is 44.4 Å². The van der Waals surface area contributed by atoms with Gasteiger partial charge in [-0.25, -0.2) is 0 Å². The maximum Gasteiger partial charge on any atom is 0.318 e. The van der Waals surface area contributed by atoms with Crippen LogP contribution in [0, 0.1) is 0 Å². The summed E-state index contributed by atoms with van der Waals surface area (Å²) >= 11 is 0. The van der Waals surface area contributed by atoms with Crippen LogP contribution < -0.4 is 15.4 Å². The fourth-order valence-electron chi connectivity index (χ4n) is 3.79. The van der Waals surface area contributed by atoms with Gasteiger partial charge < -0.3 is 25.4 Å². The smallest absolute Gasteiger partial charge is 0.318 e. The minimum absolute atomic E-state index is 0.261. The van der Waals surface area contributed by atoms with Crippen LogP contribution in [0.25, 0.3) is 10.8 Å². The summed E-state index contributed by atoms with van der Waals surface area (Å²) in [7, 11) is 4.07. The number of aromatic nitrogens is 2. The number of fused-ring (bicyclic) bond motifs is 2. The lowest BCUT2D eigenvalue weighted by atomic mass is 10.0. The molecule has 0 atom stereocenters. The van der Waals surface area contributed by atoms with Crippen molar-refractivity contribution in [3.63, 3.8) is 0 Å². The van der Waals surface area contributed by atoms with Crippen LogP contribution in [0.2, 0.25) is 0 Å². The Hall–Kier alpha value is -3.06. The second-order valence-corrected chi connectivity index (χ2v) is 7.68. The number of anilines is 2. The number of benzene rings is 2. The Morgan fingerprint density at radius 2 is 2.03 bits per heavy atom. The van der Waals surface area contributed by atoms with E-state index in [1.807, 2.05) is 38.4 Å². The van der Waals surface area contributed by atoms with Crippen molar-refractivity contribution in [1.29, 1.82) is 0 Å². The van der Waals surface area contributed by atoms with E-state index in [1.165, 1.54) is 0 Å². The summed E-state index contributed by atoms with van der Waals surface area (Å²) in [6, 6.07) is 12.0. The van der Waals surface area contributed by atoms with Crippen LogP contribution in [-0.2, 0) is 13.0 Å². The Morgan fingerprint density at radius 3 is 2.86 bits per heavy atom. The zero-order valence-electron chi connectivity index (χ0n) is 16.9. The van der Waals surface area contributed by atoms with Crippen molar-refractivity contribution in [2.24, 2.45) is 0 Å². The molecule has 0 saturated carbocycles. The molecule has 0 spiro atoms. The van der Waals surface area contributed by atoms with Gasteiger partial charge in [-0.2, -0.15) is 9.97 Å². The van der Waals surface area contributed by atoms with E-state index < -0.39 is 0 Å². The van der Waals surface area contributed by atoms with Gasteiger partial charge in [-0.3, -0.25) is 0 Å². The third-order valence-electron chi connectivity index (χ3n) is 5.22. The van der Waals surface area contributed by atoms with Gasteiger partial charge in [0.05, 0.1) is 18.8 Å². The lowest BCUT2D eigenvalue weighted by Gasteiger charge is -2.31. The van der Waals surface area contributed by atoms with E-state index in [4.69, 9.17) is 10.5 Å². The predicted molar refractivity (Wildman–Crippen MR) is 115 cm³/mol. The lowest BCUT2D eigenvalue weighted by molar-refractivity contribution is 0.263. The maximum atomic E-state index is 10.2. The normalized spacial score (nSPS) is 13.7. The number of hydrogen-bond acceptors (Lipinski definition) is 7. The van der Waals surface area contributed by atoms with Crippen LogP contribution in [0.15, 0.2) is 36.4 Å². The van der Waals surface area contributed by atoms with Crippen molar-refractivity contribution in [3.05, 3.63) is 47.7 Å². The first-order valence-corrected chi connectivity index (χ1v) is 9.91. The van der Waals surface area contributed by atoms with Crippen LogP contribution >= 0.6 is 0 Å². The van der Waals surface area contributed by atoms with E-state index in [2.05, 4.69) is 25.8 Å². The second-order valence-electron chi connectivity index (χ2n) is 7.68. The lowest BCUT2D eigenvalue weighted by Crippen LogP contribution is -2.32. The zero-order chi connectivity index (χ0) is 20.4. The first-order valence-electron chi connectivity index (χ1n) is 9.91. The molecular weight excluding hydrogens is 366 g/mol. The summed E-state index contributed by atoms with van der Waals surface area (Å²) in [5, 5.41) is 12.3. The second kappa shape index (κ2) is 8.13. The Kier molecular flexibility index (Phi) is 5.40. The van der Waals surface area contributed by atoms with Crippen LogP contribution in [0.5, 0.6) is 11.8 Å². The molecule has 0 amide bonds. The van der Waals surface area contributed by atoms with Gasteiger partial charge in [-0.05, 0) is 38.4 Å². The average molecular weight is 393 g/mol. The third-order valence-corrected chi connectivity index (χ3v) is 5.22. The van der Waals surface area contributed by atoms with Crippen LogP contribution in [-0.4, -0.2) is 53.8 Å². The number of nitrogens with two attached hydrogens (primary N) is 1. The molecule has 3 aromatic rings. The van der Waals surface area contributed by atoms with Gasteiger partial charge in [0.1, 0.15) is 11.6 Å². The number of hydrogen-bond donors (Lipinski definition) is 2. The van der Waals surface area contributed by atoms with E-state index >= 15 is 0 Å². The number of ether oxygens (including phenoxy) is 1. The first-order chi connectivity index (χ1) is 14.0. The van der Waals surface area contributed by atoms with Crippen molar-refractivity contribution < 1.29 is 9.84 Å². The summed E-state index contributed by atoms with van der Waals surface area (Å²) in [4.78, 5) is 13.3. The number of phenolic OH excluding ortho intramolecular Hbond substituents is 1. The van der Waals surface area contributed by atoms with Crippen molar-refractivity contribution >= 4 is 22.3 Å². The van der Waals surface area contributed by atoms with E-state index in [-0.39, 0.29) is 5.75 Å². The number of aromatic hydroxyl groups is 1. The van der Waals surface area contributed by atoms with Crippen molar-refractivity contribution in [1.82, 2.24) is 14.9 Å². The van der Waals surface area contributed by atoms with Crippen molar-refractivity contribution in [3.8, 4) is 11.8 Å². The minimum atomic E-state index is 0.261. The van der Waals surface area contributed by atoms with Gasteiger partial charge in [0.25, 0.3) is 0 Å². The molecule has 0 fully saturated rings. The highest BCUT2D eigenvalue weighted by atomic mass is 16.5. The summed E-state index contributed by atoms with van der Waals surface area (Å²) < 4.78 is 5.75.